The van der Waals surface area contributed by atoms with Crippen molar-refractivity contribution in [1.82, 2.24) is 5.32 Å². The van der Waals surface area contributed by atoms with E-state index in [-0.39, 0.29) is 5.56 Å². The Balaban J connectivity index is 2.79. The number of carbonyl (C=O) groups excluding carboxylic acids is 1. The van der Waals surface area contributed by atoms with Crippen LogP contribution in [0.2, 0.25) is 0 Å². The second-order valence-corrected chi connectivity index (χ2v) is 6.47. The molecule has 0 saturated carbocycles. The van der Waals surface area contributed by atoms with E-state index in [4.69, 9.17) is 4.55 Å². The second kappa shape index (κ2) is 5.67. The Hall–Kier alpha value is -0.810. The van der Waals surface area contributed by atoms with E-state index in [1.165, 1.54) is 12.1 Å². The number of hydrogen-bond acceptors (Lipinski definition) is 3. The fourth-order valence-electron chi connectivity index (χ4n) is 1.16. The Kier molecular flexibility index (Phi) is 4.85. The Morgan fingerprint density at radius 2 is 2.05 bits per heavy atom. The standard InChI is InChI=1S/C10H10F2INO4S/c1-6-4-7(2-3-8(6)13)9(15)14-5-10(11,12)19(16,17)18/h2-4H,5H2,1H3,(H,14,15)(H,16,17,18). The van der Waals surface area contributed by atoms with Gasteiger partial charge in [-0.15, -0.1) is 0 Å². The van der Waals surface area contributed by atoms with Gasteiger partial charge in [0.1, 0.15) is 0 Å². The van der Waals surface area contributed by atoms with E-state index in [2.05, 4.69) is 0 Å². The number of amides is 1. The summed E-state index contributed by atoms with van der Waals surface area (Å²) < 4.78 is 55.7. The van der Waals surface area contributed by atoms with Crippen molar-refractivity contribution in [2.75, 3.05) is 6.54 Å². The molecular formula is C10H10F2INO4S. The van der Waals surface area contributed by atoms with E-state index in [1.54, 1.807) is 18.3 Å². The van der Waals surface area contributed by atoms with Crippen molar-refractivity contribution >= 4 is 38.6 Å². The van der Waals surface area contributed by atoms with Crippen molar-refractivity contribution in [2.45, 2.75) is 12.2 Å². The number of alkyl halides is 2. The van der Waals surface area contributed by atoms with Gasteiger partial charge in [-0.05, 0) is 53.3 Å². The SMILES string of the molecule is Cc1cc(C(=O)NCC(F)(F)S(=O)(=O)O)ccc1I. The maximum atomic E-state index is 12.9. The number of nitrogens with one attached hydrogen (secondary N) is 1. The van der Waals surface area contributed by atoms with Crippen molar-refractivity contribution in [3.8, 4) is 0 Å². The number of rotatable bonds is 4. The molecule has 1 aromatic carbocycles. The summed E-state index contributed by atoms with van der Waals surface area (Å²) >= 11 is 2.05. The van der Waals surface area contributed by atoms with Gasteiger partial charge in [0.15, 0.2) is 0 Å². The lowest BCUT2D eigenvalue weighted by Crippen LogP contribution is -2.41. The van der Waals surface area contributed by atoms with Crippen LogP contribution in [0.15, 0.2) is 18.2 Å². The quantitative estimate of drug-likeness (QED) is 0.592. The molecule has 1 aromatic rings. The molecule has 0 heterocycles. The first-order valence-electron chi connectivity index (χ1n) is 4.94. The van der Waals surface area contributed by atoms with E-state index in [1.807, 2.05) is 22.6 Å². The highest BCUT2D eigenvalue weighted by Crippen LogP contribution is 2.19. The van der Waals surface area contributed by atoms with Crippen LogP contribution in [0, 0.1) is 10.5 Å². The van der Waals surface area contributed by atoms with E-state index >= 15 is 0 Å². The van der Waals surface area contributed by atoms with Crippen LogP contribution in [-0.2, 0) is 10.1 Å². The summed E-state index contributed by atoms with van der Waals surface area (Å²) in [7, 11) is -5.54. The number of benzene rings is 1. The van der Waals surface area contributed by atoms with Crippen molar-refractivity contribution < 1.29 is 26.5 Å². The zero-order valence-corrected chi connectivity index (χ0v) is 12.6. The summed E-state index contributed by atoms with van der Waals surface area (Å²) in [5, 5.41) is -2.65. The van der Waals surface area contributed by atoms with E-state index in [0.717, 1.165) is 9.13 Å². The molecule has 0 aromatic heterocycles. The van der Waals surface area contributed by atoms with Crippen molar-refractivity contribution in [2.24, 2.45) is 0 Å². The minimum absolute atomic E-state index is 0.129. The summed E-state index contributed by atoms with van der Waals surface area (Å²) in [6, 6.07) is 4.55. The molecule has 1 amide bonds. The second-order valence-electron chi connectivity index (χ2n) is 3.76. The molecule has 19 heavy (non-hydrogen) atoms. The van der Waals surface area contributed by atoms with Crippen LogP contribution < -0.4 is 5.32 Å². The topological polar surface area (TPSA) is 83.5 Å². The summed E-state index contributed by atoms with van der Waals surface area (Å²) in [4.78, 5) is 11.6. The van der Waals surface area contributed by atoms with E-state index < -0.39 is 27.8 Å². The van der Waals surface area contributed by atoms with E-state index in [9.17, 15) is 22.0 Å². The summed E-state index contributed by atoms with van der Waals surface area (Å²) in [5.41, 5.74) is 0.916. The third-order valence-electron chi connectivity index (χ3n) is 2.25. The first-order chi connectivity index (χ1) is 8.54. The molecule has 2 N–H and O–H groups in total. The third-order valence-corrected chi connectivity index (χ3v) is 4.36. The molecule has 0 spiro atoms. The van der Waals surface area contributed by atoms with Crippen LogP contribution in [0.1, 0.15) is 15.9 Å². The molecule has 0 aliphatic carbocycles. The molecule has 0 bridgehead atoms. The van der Waals surface area contributed by atoms with Crippen LogP contribution in [0.4, 0.5) is 8.78 Å². The average Bonchev–Trinajstić information content (AvgIpc) is 2.28. The van der Waals surface area contributed by atoms with Gasteiger partial charge in [0.05, 0.1) is 6.54 Å². The monoisotopic (exact) mass is 405 g/mol. The smallest absolute Gasteiger partial charge is 0.345 e. The Morgan fingerprint density at radius 3 is 2.53 bits per heavy atom. The molecule has 0 aliphatic rings. The summed E-state index contributed by atoms with van der Waals surface area (Å²) in [6.07, 6.45) is 0. The highest BCUT2D eigenvalue weighted by Gasteiger charge is 2.44. The Bertz CT molecular complexity index is 604. The maximum absolute atomic E-state index is 12.9. The molecule has 0 atom stereocenters. The molecule has 0 radical (unpaired) electrons. The molecule has 0 aliphatic heterocycles. The molecule has 0 unspecified atom stereocenters. The zero-order valence-electron chi connectivity index (χ0n) is 9.65. The number of carbonyl (C=O) groups is 1. The van der Waals surface area contributed by atoms with E-state index in [0.29, 0.717) is 0 Å². The minimum Gasteiger partial charge on any atom is -0.345 e. The van der Waals surface area contributed by atoms with Crippen LogP contribution >= 0.6 is 22.6 Å². The zero-order chi connectivity index (χ0) is 14.8. The van der Waals surface area contributed by atoms with Crippen molar-refractivity contribution in [3.05, 3.63) is 32.9 Å². The molecule has 9 heteroatoms. The highest BCUT2D eigenvalue weighted by molar-refractivity contribution is 14.1. The first kappa shape index (κ1) is 16.2. The largest absolute Gasteiger partial charge is 0.386 e. The number of hydrogen-bond donors (Lipinski definition) is 2. The Labute approximate surface area is 122 Å². The van der Waals surface area contributed by atoms with Gasteiger partial charge < -0.3 is 5.32 Å². The fourth-order valence-corrected chi connectivity index (χ4v) is 1.75. The van der Waals surface area contributed by atoms with Crippen LogP contribution in [0.25, 0.3) is 0 Å². The normalized spacial score (nSPS) is 12.3. The maximum Gasteiger partial charge on any atom is 0.386 e. The van der Waals surface area contributed by atoms with Crippen LogP contribution in [0.3, 0.4) is 0 Å². The van der Waals surface area contributed by atoms with Gasteiger partial charge in [-0.1, -0.05) is 0 Å². The molecule has 106 valence electrons. The molecule has 5 nitrogen and oxygen atoms in total. The molecule has 0 saturated heterocycles. The van der Waals surface area contributed by atoms with Gasteiger partial charge in [0.25, 0.3) is 5.91 Å². The number of halogens is 3. The summed E-state index contributed by atoms with van der Waals surface area (Å²) in [5.74, 6) is -0.845. The lowest BCUT2D eigenvalue weighted by atomic mass is 10.1. The van der Waals surface area contributed by atoms with Crippen molar-refractivity contribution in [3.63, 3.8) is 0 Å². The molecule has 0 fully saturated rings. The van der Waals surface area contributed by atoms with Gasteiger partial charge >= 0.3 is 15.4 Å². The predicted molar refractivity (Wildman–Crippen MR) is 72.7 cm³/mol. The van der Waals surface area contributed by atoms with Gasteiger partial charge in [-0.2, -0.15) is 17.2 Å². The first-order valence-corrected chi connectivity index (χ1v) is 7.46. The van der Waals surface area contributed by atoms with Crippen molar-refractivity contribution in [1.29, 1.82) is 0 Å². The van der Waals surface area contributed by atoms with Gasteiger partial charge in [0, 0.05) is 9.13 Å². The Morgan fingerprint density at radius 1 is 1.47 bits per heavy atom. The average molecular weight is 405 g/mol. The molecular weight excluding hydrogens is 395 g/mol. The lowest BCUT2D eigenvalue weighted by Gasteiger charge is -2.13. The highest BCUT2D eigenvalue weighted by atomic mass is 127. The summed E-state index contributed by atoms with van der Waals surface area (Å²) in [6.45, 7) is 0.251. The third kappa shape index (κ3) is 4.08. The minimum atomic E-state index is -5.54. The van der Waals surface area contributed by atoms with Gasteiger partial charge in [0.2, 0.25) is 0 Å². The fraction of sp³-hybridized carbons (Fsp3) is 0.300. The van der Waals surface area contributed by atoms with Gasteiger partial charge in [-0.3, -0.25) is 9.35 Å². The predicted octanol–water partition coefficient (Wildman–Crippen LogP) is 1.81. The number of aryl methyl sites for hydroxylation is 1. The van der Waals surface area contributed by atoms with Crippen LogP contribution in [-0.4, -0.2) is 30.7 Å². The van der Waals surface area contributed by atoms with Crippen LogP contribution in [0.5, 0.6) is 0 Å². The van der Waals surface area contributed by atoms with Gasteiger partial charge in [-0.25, -0.2) is 0 Å². The lowest BCUT2D eigenvalue weighted by molar-refractivity contribution is 0.0699. The molecule has 1 rings (SSSR count).